The minimum atomic E-state index is 0.0570. The van der Waals surface area contributed by atoms with Gasteiger partial charge in [-0.3, -0.25) is 9.59 Å². The third kappa shape index (κ3) is 3.64. The molecule has 3 heterocycles. The molecule has 2 fully saturated rings. The van der Waals surface area contributed by atoms with E-state index in [1.54, 1.807) is 13.3 Å². The predicted molar refractivity (Wildman–Crippen MR) is 90.7 cm³/mol. The van der Waals surface area contributed by atoms with Crippen LogP contribution < -0.4 is 0 Å². The van der Waals surface area contributed by atoms with Crippen molar-refractivity contribution in [3.63, 3.8) is 0 Å². The highest BCUT2D eigenvalue weighted by atomic mass is 16.5. The Kier molecular flexibility index (Phi) is 5.23. The lowest BCUT2D eigenvalue weighted by Gasteiger charge is -2.48. The summed E-state index contributed by atoms with van der Waals surface area (Å²) in [6.45, 7) is 3.74. The summed E-state index contributed by atoms with van der Waals surface area (Å²) < 4.78 is 5.10. The molecule has 3 rings (SSSR count). The van der Waals surface area contributed by atoms with Crippen LogP contribution in [0.3, 0.4) is 0 Å². The third-order valence-corrected chi connectivity index (χ3v) is 5.30. The first-order valence-corrected chi connectivity index (χ1v) is 8.83. The summed E-state index contributed by atoms with van der Waals surface area (Å²) in [7, 11) is 1.69. The summed E-state index contributed by atoms with van der Waals surface area (Å²) in [5.41, 5.74) is 0.706. The van der Waals surface area contributed by atoms with Gasteiger partial charge < -0.3 is 19.5 Å². The molecule has 1 aromatic rings. The number of hydrogen-bond donors (Lipinski definition) is 1. The summed E-state index contributed by atoms with van der Waals surface area (Å²) in [5, 5.41) is 0. The Labute approximate surface area is 143 Å². The molecule has 2 aliphatic rings. The van der Waals surface area contributed by atoms with Crippen molar-refractivity contribution < 1.29 is 14.3 Å². The molecule has 6 nitrogen and oxygen atoms in total. The Balaban J connectivity index is 1.65. The molecule has 1 N–H and O–H groups in total. The Morgan fingerprint density at radius 2 is 2.25 bits per heavy atom. The maximum Gasteiger partial charge on any atom is 0.270 e. The molecule has 0 radical (unpaired) electrons. The first kappa shape index (κ1) is 17.0. The molecule has 1 aromatic heterocycles. The van der Waals surface area contributed by atoms with Crippen molar-refractivity contribution in [3.8, 4) is 0 Å². The van der Waals surface area contributed by atoms with Crippen LogP contribution in [-0.2, 0) is 9.53 Å². The molecule has 1 atom stereocenters. The molecule has 2 aliphatic heterocycles. The van der Waals surface area contributed by atoms with Gasteiger partial charge in [-0.2, -0.15) is 0 Å². The van der Waals surface area contributed by atoms with Crippen LogP contribution in [0.4, 0.5) is 0 Å². The number of nitrogens with one attached hydrogen (secondary N) is 1. The van der Waals surface area contributed by atoms with Crippen LogP contribution in [0.15, 0.2) is 18.3 Å². The van der Waals surface area contributed by atoms with Gasteiger partial charge in [-0.15, -0.1) is 0 Å². The molecule has 132 valence electrons. The van der Waals surface area contributed by atoms with E-state index in [1.807, 2.05) is 21.9 Å². The first-order chi connectivity index (χ1) is 11.6. The molecule has 1 unspecified atom stereocenters. The molecule has 0 aromatic carbocycles. The lowest BCUT2D eigenvalue weighted by atomic mass is 9.73. The number of H-pyrrole nitrogens is 1. The van der Waals surface area contributed by atoms with Gasteiger partial charge >= 0.3 is 0 Å². The van der Waals surface area contributed by atoms with Crippen LogP contribution in [-0.4, -0.2) is 66.5 Å². The number of aromatic nitrogens is 1. The highest BCUT2D eigenvalue weighted by Crippen LogP contribution is 2.39. The first-order valence-electron chi connectivity index (χ1n) is 8.83. The number of rotatable bonds is 5. The average molecular weight is 333 g/mol. The lowest BCUT2D eigenvalue weighted by molar-refractivity contribution is -0.139. The van der Waals surface area contributed by atoms with Crippen molar-refractivity contribution in [3.05, 3.63) is 24.0 Å². The zero-order valence-electron chi connectivity index (χ0n) is 14.4. The molecular weight excluding hydrogens is 306 g/mol. The van der Waals surface area contributed by atoms with Gasteiger partial charge in [0.1, 0.15) is 5.69 Å². The van der Waals surface area contributed by atoms with E-state index >= 15 is 0 Å². The predicted octanol–water partition coefficient (Wildman–Crippen LogP) is 1.90. The van der Waals surface area contributed by atoms with Crippen molar-refractivity contribution in [2.75, 3.05) is 39.9 Å². The van der Waals surface area contributed by atoms with Crippen molar-refractivity contribution in [1.29, 1.82) is 0 Å². The van der Waals surface area contributed by atoms with Crippen molar-refractivity contribution in [1.82, 2.24) is 14.8 Å². The largest absolute Gasteiger partial charge is 0.385 e. The van der Waals surface area contributed by atoms with Crippen LogP contribution in [0.25, 0.3) is 0 Å². The highest BCUT2D eigenvalue weighted by molar-refractivity contribution is 5.92. The summed E-state index contributed by atoms with van der Waals surface area (Å²) in [5.74, 6) is 0.312. The number of methoxy groups -OCH3 is 1. The number of likely N-dealkylation sites (tertiary alicyclic amines) is 2. The minimum Gasteiger partial charge on any atom is -0.385 e. The fraction of sp³-hybridized carbons (Fsp3) is 0.667. The Hall–Kier alpha value is -1.82. The number of aromatic amines is 1. The number of hydrogen-bond acceptors (Lipinski definition) is 3. The van der Waals surface area contributed by atoms with Gasteiger partial charge in [-0.05, 0) is 37.8 Å². The second kappa shape index (κ2) is 7.38. The van der Waals surface area contributed by atoms with E-state index in [1.165, 1.54) is 0 Å². The van der Waals surface area contributed by atoms with E-state index in [0.717, 1.165) is 51.9 Å². The van der Waals surface area contributed by atoms with Crippen LogP contribution in [0.1, 0.15) is 42.6 Å². The molecule has 24 heavy (non-hydrogen) atoms. The maximum absolute atomic E-state index is 12.6. The van der Waals surface area contributed by atoms with Crippen LogP contribution in [0, 0.1) is 5.41 Å². The van der Waals surface area contributed by atoms with Crippen molar-refractivity contribution in [2.45, 2.75) is 32.1 Å². The topological polar surface area (TPSA) is 65.6 Å². The van der Waals surface area contributed by atoms with Gasteiger partial charge in [-0.1, -0.05) is 0 Å². The zero-order valence-corrected chi connectivity index (χ0v) is 14.4. The van der Waals surface area contributed by atoms with Gasteiger partial charge in [0.25, 0.3) is 5.91 Å². The van der Waals surface area contributed by atoms with Gasteiger partial charge in [0.2, 0.25) is 5.91 Å². The monoisotopic (exact) mass is 333 g/mol. The SMILES string of the molecule is COCCCN1CC2(CCCN(C(=O)c3ccc[nH]3)C2)CCC1=O. The van der Waals surface area contributed by atoms with E-state index < -0.39 is 0 Å². The lowest BCUT2D eigenvalue weighted by Crippen LogP contribution is -2.55. The molecule has 0 bridgehead atoms. The number of carbonyl (C=O) groups is 2. The van der Waals surface area contributed by atoms with Crippen molar-refractivity contribution in [2.24, 2.45) is 5.41 Å². The molecule has 0 saturated carbocycles. The van der Waals surface area contributed by atoms with Crippen LogP contribution in [0.5, 0.6) is 0 Å². The van der Waals surface area contributed by atoms with Gasteiger partial charge in [0, 0.05) is 57.9 Å². The molecule has 1 spiro atoms. The number of amides is 2. The normalized spacial score (nSPS) is 24.6. The Morgan fingerprint density at radius 3 is 3.00 bits per heavy atom. The third-order valence-electron chi connectivity index (χ3n) is 5.30. The molecule has 6 heteroatoms. The second-order valence-electron chi connectivity index (χ2n) is 7.08. The number of piperidine rings is 2. The van der Waals surface area contributed by atoms with Gasteiger partial charge in [0.05, 0.1) is 0 Å². The van der Waals surface area contributed by atoms with E-state index in [4.69, 9.17) is 4.74 Å². The number of carbonyl (C=O) groups excluding carboxylic acids is 2. The minimum absolute atomic E-state index is 0.0570. The summed E-state index contributed by atoms with van der Waals surface area (Å²) in [6.07, 6.45) is 6.23. The Morgan fingerprint density at radius 1 is 1.38 bits per heavy atom. The van der Waals surface area contributed by atoms with Crippen LogP contribution in [0.2, 0.25) is 0 Å². The average Bonchev–Trinajstić information content (AvgIpc) is 3.12. The molecule has 2 saturated heterocycles. The maximum atomic E-state index is 12.6. The van der Waals surface area contributed by atoms with E-state index in [-0.39, 0.29) is 17.2 Å². The Bertz CT molecular complexity index is 572. The molecule has 0 aliphatic carbocycles. The summed E-state index contributed by atoms with van der Waals surface area (Å²) >= 11 is 0. The smallest absolute Gasteiger partial charge is 0.270 e. The van der Waals surface area contributed by atoms with E-state index in [0.29, 0.717) is 18.7 Å². The second-order valence-corrected chi connectivity index (χ2v) is 7.08. The standard InChI is InChI=1S/C18H27N3O3/c1-24-12-4-11-20-13-18(8-6-16(20)22)7-3-10-21(14-18)17(23)15-5-2-9-19-15/h2,5,9,19H,3-4,6-8,10-14H2,1H3. The van der Waals surface area contributed by atoms with Gasteiger partial charge in [0.15, 0.2) is 0 Å². The van der Waals surface area contributed by atoms with E-state index in [2.05, 4.69) is 4.98 Å². The van der Waals surface area contributed by atoms with Crippen LogP contribution >= 0.6 is 0 Å². The summed E-state index contributed by atoms with van der Waals surface area (Å²) in [6, 6.07) is 3.68. The highest BCUT2D eigenvalue weighted by Gasteiger charge is 2.42. The summed E-state index contributed by atoms with van der Waals surface area (Å²) in [4.78, 5) is 31.8. The fourth-order valence-corrected chi connectivity index (χ4v) is 4.05. The van der Waals surface area contributed by atoms with Gasteiger partial charge in [-0.25, -0.2) is 0 Å². The fourth-order valence-electron chi connectivity index (χ4n) is 4.05. The van der Waals surface area contributed by atoms with E-state index in [9.17, 15) is 9.59 Å². The molecule has 2 amide bonds. The van der Waals surface area contributed by atoms with Crippen molar-refractivity contribution >= 4 is 11.8 Å². The molecular formula is C18H27N3O3. The number of nitrogens with zero attached hydrogens (tertiary/aromatic N) is 2. The zero-order chi connectivity index (χ0) is 17.0. The number of ether oxygens (including phenoxy) is 1. The quantitative estimate of drug-likeness (QED) is 0.837.